The molecule has 1 atom stereocenters. The van der Waals surface area contributed by atoms with Gasteiger partial charge in [0.25, 0.3) is 0 Å². The zero-order chi connectivity index (χ0) is 13.7. The number of nitrogens with zero attached hydrogens (tertiary/aromatic N) is 3. The van der Waals surface area contributed by atoms with E-state index in [0.717, 1.165) is 38.3 Å². The summed E-state index contributed by atoms with van der Waals surface area (Å²) in [7, 11) is 2.00. The van der Waals surface area contributed by atoms with Crippen LogP contribution in [-0.2, 0) is 0 Å². The third kappa shape index (κ3) is 3.46. The second kappa shape index (κ2) is 6.55. The van der Waals surface area contributed by atoms with Crippen LogP contribution in [0.3, 0.4) is 0 Å². The Balaban J connectivity index is 1.94. The van der Waals surface area contributed by atoms with Crippen molar-refractivity contribution in [3.05, 3.63) is 29.8 Å². The molecule has 4 heteroatoms. The minimum atomic E-state index is 0.581. The van der Waals surface area contributed by atoms with Crippen LogP contribution in [0.5, 0.6) is 0 Å². The second-order valence-corrected chi connectivity index (χ2v) is 5.09. The van der Waals surface area contributed by atoms with Gasteiger partial charge in [-0.2, -0.15) is 5.26 Å². The lowest BCUT2D eigenvalue weighted by Crippen LogP contribution is -2.51. The zero-order valence-corrected chi connectivity index (χ0v) is 11.8. The average molecular weight is 258 g/mol. The van der Waals surface area contributed by atoms with Crippen LogP contribution in [0.1, 0.15) is 12.5 Å². The lowest BCUT2D eigenvalue weighted by atomic mass is 10.1. The van der Waals surface area contributed by atoms with Crippen molar-refractivity contribution >= 4 is 5.69 Å². The maximum absolute atomic E-state index is 8.95. The molecule has 0 bridgehead atoms. The van der Waals surface area contributed by atoms with Crippen LogP contribution in [0.2, 0.25) is 0 Å². The molecule has 1 saturated heterocycles. The molecule has 1 heterocycles. The highest BCUT2D eigenvalue weighted by Crippen LogP contribution is 2.18. The molecule has 0 radical (unpaired) electrons. The largest absolute Gasteiger partial charge is 0.369 e. The molecule has 4 nitrogen and oxygen atoms in total. The Morgan fingerprint density at radius 2 is 2.05 bits per heavy atom. The molecular weight excluding hydrogens is 236 g/mol. The van der Waals surface area contributed by atoms with Crippen molar-refractivity contribution < 1.29 is 0 Å². The summed E-state index contributed by atoms with van der Waals surface area (Å²) >= 11 is 0. The van der Waals surface area contributed by atoms with E-state index in [1.54, 1.807) is 0 Å². The topological polar surface area (TPSA) is 42.3 Å². The third-order valence-corrected chi connectivity index (χ3v) is 3.78. The van der Waals surface area contributed by atoms with E-state index in [9.17, 15) is 0 Å². The highest BCUT2D eigenvalue weighted by Gasteiger charge is 2.20. The van der Waals surface area contributed by atoms with Crippen molar-refractivity contribution in [2.75, 3.05) is 44.7 Å². The van der Waals surface area contributed by atoms with Crippen LogP contribution in [0.15, 0.2) is 24.3 Å². The Bertz CT molecular complexity index is 444. The van der Waals surface area contributed by atoms with Gasteiger partial charge in [0.2, 0.25) is 0 Å². The average Bonchev–Trinajstić information content (AvgIpc) is 2.48. The Morgan fingerprint density at radius 3 is 2.68 bits per heavy atom. The predicted octanol–water partition coefficient (Wildman–Crippen LogP) is 1.29. The van der Waals surface area contributed by atoms with E-state index >= 15 is 0 Å². The molecule has 102 valence electrons. The number of piperazine rings is 1. The molecule has 0 aromatic heterocycles. The monoisotopic (exact) mass is 258 g/mol. The number of nitrogens with one attached hydrogen (secondary N) is 1. The van der Waals surface area contributed by atoms with Crippen molar-refractivity contribution in [2.24, 2.45) is 0 Å². The first kappa shape index (κ1) is 13.9. The lowest BCUT2D eigenvalue weighted by Gasteiger charge is -2.39. The summed E-state index contributed by atoms with van der Waals surface area (Å²) in [5.41, 5.74) is 1.91. The van der Waals surface area contributed by atoms with Crippen LogP contribution in [0, 0.1) is 11.3 Å². The molecule has 2 rings (SSSR count). The first-order chi connectivity index (χ1) is 9.24. The summed E-state index contributed by atoms with van der Waals surface area (Å²) in [6.07, 6.45) is 0. The number of benzene rings is 1. The predicted molar refractivity (Wildman–Crippen MR) is 78.3 cm³/mol. The molecule has 1 fully saturated rings. The van der Waals surface area contributed by atoms with Crippen LogP contribution >= 0.6 is 0 Å². The zero-order valence-electron chi connectivity index (χ0n) is 11.8. The molecule has 0 saturated carbocycles. The summed E-state index contributed by atoms with van der Waals surface area (Å²) in [6, 6.07) is 10.7. The summed E-state index contributed by atoms with van der Waals surface area (Å²) in [5.74, 6) is 0. The lowest BCUT2D eigenvalue weighted by molar-refractivity contribution is 0.195. The second-order valence-electron chi connectivity index (χ2n) is 5.09. The summed E-state index contributed by atoms with van der Waals surface area (Å²) in [5, 5.41) is 12.2. The molecule has 0 amide bonds. The molecule has 1 aliphatic heterocycles. The fourth-order valence-corrected chi connectivity index (χ4v) is 2.62. The van der Waals surface area contributed by atoms with Gasteiger partial charge in [0.1, 0.15) is 0 Å². The van der Waals surface area contributed by atoms with Gasteiger partial charge >= 0.3 is 0 Å². The van der Waals surface area contributed by atoms with Crippen LogP contribution in [0.4, 0.5) is 5.69 Å². The minimum Gasteiger partial charge on any atom is -0.369 e. The maximum Gasteiger partial charge on any atom is 0.0992 e. The van der Waals surface area contributed by atoms with Gasteiger partial charge in [-0.1, -0.05) is 6.07 Å². The summed E-state index contributed by atoms with van der Waals surface area (Å²) in [4.78, 5) is 4.88. The Morgan fingerprint density at radius 1 is 1.32 bits per heavy atom. The van der Waals surface area contributed by atoms with Gasteiger partial charge in [0, 0.05) is 44.5 Å². The molecule has 1 aromatic carbocycles. The molecule has 1 N–H and O–H groups in total. The van der Waals surface area contributed by atoms with Crippen LogP contribution in [-0.4, -0.2) is 50.7 Å². The third-order valence-electron chi connectivity index (χ3n) is 3.78. The number of nitriles is 1. The van der Waals surface area contributed by atoms with Gasteiger partial charge in [-0.3, -0.25) is 4.90 Å². The Labute approximate surface area is 115 Å². The Kier molecular flexibility index (Phi) is 4.78. The molecular formula is C15H22N4. The fourth-order valence-electron chi connectivity index (χ4n) is 2.62. The van der Waals surface area contributed by atoms with E-state index in [2.05, 4.69) is 34.2 Å². The number of rotatable bonds is 4. The molecule has 19 heavy (non-hydrogen) atoms. The van der Waals surface area contributed by atoms with E-state index in [1.165, 1.54) is 5.69 Å². The van der Waals surface area contributed by atoms with Crippen molar-refractivity contribution in [3.63, 3.8) is 0 Å². The van der Waals surface area contributed by atoms with E-state index in [0.29, 0.717) is 6.04 Å². The quantitative estimate of drug-likeness (QED) is 0.883. The number of likely N-dealkylation sites (N-methyl/N-ethyl adjacent to an activating group) is 1. The first-order valence-corrected chi connectivity index (χ1v) is 6.88. The highest BCUT2D eigenvalue weighted by atomic mass is 15.3. The molecule has 0 spiro atoms. The number of hydrogen-bond donors (Lipinski definition) is 1. The van der Waals surface area contributed by atoms with Crippen molar-refractivity contribution in [1.82, 2.24) is 10.2 Å². The summed E-state index contributed by atoms with van der Waals surface area (Å²) in [6.45, 7) is 7.53. The van der Waals surface area contributed by atoms with Crippen LogP contribution in [0.25, 0.3) is 0 Å². The normalized spacial score (nSPS) is 18.1. The van der Waals surface area contributed by atoms with Crippen LogP contribution < -0.4 is 10.2 Å². The minimum absolute atomic E-state index is 0.581. The van der Waals surface area contributed by atoms with Gasteiger partial charge in [-0.15, -0.1) is 0 Å². The number of hydrogen-bond acceptors (Lipinski definition) is 4. The Hall–Kier alpha value is -1.57. The molecule has 1 aromatic rings. The van der Waals surface area contributed by atoms with E-state index in [-0.39, 0.29) is 0 Å². The van der Waals surface area contributed by atoms with Crippen molar-refractivity contribution in [2.45, 2.75) is 13.0 Å². The van der Waals surface area contributed by atoms with Gasteiger partial charge in [0.15, 0.2) is 0 Å². The van der Waals surface area contributed by atoms with Gasteiger partial charge in [0.05, 0.1) is 11.6 Å². The van der Waals surface area contributed by atoms with E-state index in [4.69, 9.17) is 5.26 Å². The SMILES string of the molecule is CNCC(C)N1CCN(c2cccc(C#N)c2)CC1. The van der Waals surface area contributed by atoms with Gasteiger partial charge in [-0.05, 0) is 32.2 Å². The molecule has 0 aliphatic carbocycles. The van der Waals surface area contributed by atoms with Crippen molar-refractivity contribution in [3.8, 4) is 6.07 Å². The molecule has 1 unspecified atom stereocenters. The van der Waals surface area contributed by atoms with Gasteiger partial charge < -0.3 is 10.2 Å². The summed E-state index contributed by atoms with van der Waals surface area (Å²) < 4.78 is 0. The smallest absolute Gasteiger partial charge is 0.0992 e. The van der Waals surface area contributed by atoms with E-state index in [1.807, 2.05) is 25.2 Å². The molecule has 1 aliphatic rings. The fraction of sp³-hybridized carbons (Fsp3) is 0.533. The first-order valence-electron chi connectivity index (χ1n) is 6.88. The number of anilines is 1. The maximum atomic E-state index is 8.95. The van der Waals surface area contributed by atoms with Crippen molar-refractivity contribution in [1.29, 1.82) is 5.26 Å². The van der Waals surface area contributed by atoms with Gasteiger partial charge in [-0.25, -0.2) is 0 Å². The highest BCUT2D eigenvalue weighted by molar-refractivity contribution is 5.51. The van der Waals surface area contributed by atoms with E-state index < -0.39 is 0 Å². The standard InChI is InChI=1S/C15H22N4/c1-13(12-17-2)18-6-8-19(9-7-18)15-5-3-4-14(10-15)11-16/h3-5,10,13,17H,6-9,12H2,1-2H3.